The molecule has 0 saturated carbocycles. The van der Waals surface area contributed by atoms with Crippen molar-refractivity contribution >= 4 is 0 Å². The minimum Gasteiger partial charge on any atom is -0.419 e. The van der Waals surface area contributed by atoms with Crippen LogP contribution in [0.25, 0.3) is 0 Å². The highest BCUT2D eigenvalue weighted by atomic mass is 19.4. The fourth-order valence-electron chi connectivity index (χ4n) is 0.865. The van der Waals surface area contributed by atoms with Gasteiger partial charge in [0.1, 0.15) is 0 Å². The van der Waals surface area contributed by atoms with Gasteiger partial charge in [-0.15, -0.1) is 13.2 Å². The lowest BCUT2D eigenvalue weighted by Gasteiger charge is -2.27. The highest BCUT2D eigenvalue weighted by Crippen LogP contribution is 2.48. The van der Waals surface area contributed by atoms with E-state index in [2.05, 4.69) is 9.47 Å². The molecule has 0 amide bonds. The molecule has 0 aromatic carbocycles. The molecule has 0 N–H and O–H groups in total. The Morgan fingerprint density at radius 3 is 2.00 bits per heavy atom. The molecule has 0 bridgehead atoms. The van der Waals surface area contributed by atoms with Crippen LogP contribution in [0, 0.1) is 0 Å². The van der Waals surface area contributed by atoms with Crippen LogP contribution >= 0.6 is 0 Å². The fraction of sp³-hybridized carbons (Fsp3) is 0.667. The van der Waals surface area contributed by atoms with Crippen molar-refractivity contribution in [3.8, 4) is 0 Å². The molecule has 0 radical (unpaired) electrons. The molecule has 106 valence electrons. The van der Waals surface area contributed by atoms with Crippen LogP contribution in [0.3, 0.4) is 0 Å². The van der Waals surface area contributed by atoms with E-state index in [9.17, 15) is 39.5 Å². The maximum Gasteiger partial charge on any atom is 0.527 e. The fourth-order valence-corrected chi connectivity index (χ4v) is 0.865. The molecule has 1 saturated heterocycles. The summed E-state index contributed by atoms with van der Waals surface area (Å²) in [4.78, 5) is 0. The zero-order valence-electron chi connectivity index (χ0n) is 7.70. The van der Waals surface area contributed by atoms with Crippen molar-refractivity contribution in [1.29, 1.82) is 0 Å². The van der Waals surface area contributed by atoms with Gasteiger partial charge in [0.25, 0.3) is 0 Å². The molecule has 0 aromatic heterocycles. The summed E-state index contributed by atoms with van der Waals surface area (Å²) in [6, 6.07) is 0. The third-order valence-electron chi connectivity index (χ3n) is 1.54. The zero-order chi connectivity index (χ0) is 14.4. The van der Waals surface area contributed by atoms with Gasteiger partial charge in [-0.1, -0.05) is 0 Å². The van der Waals surface area contributed by atoms with E-state index in [0.29, 0.717) is 0 Å². The molecule has 0 spiro atoms. The van der Waals surface area contributed by atoms with Crippen LogP contribution < -0.4 is 0 Å². The highest BCUT2D eigenvalue weighted by Gasteiger charge is 2.73. The number of hydrogen-bond donors (Lipinski definition) is 0. The number of halogens is 9. The van der Waals surface area contributed by atoms with Crippen molar-refractivity contribution in [2.75, 3.05) is 0 Å². The third kappa shape index (κ3) is 2.57. The van der Waals surface area contributed by atoms with Crippen molar-refractivity contribution in [3.63, 3.8) is 0 Å². The lowest BCUT2D eigenvalue weighted by Crippen LogP contribution is -2.53. The SMILES string of the molecule is FC(F)=C1OC(F)C(F)(C(F)(F)OC(F)(F)F)O1. The van der Waals surface area contributed by atoms with Gasteiger partial charge in [0.05, 0.1) is 0 Å². The Kier molecular flexibility index (Phi) is 3.36. The molecule has 0 aliphatic carbocycles. The normalized spacial score (nSPS) is 28.9. The van der Waals surface area contributed by atoms with Gasteiger partial charge >= 0.3 is 36.7 Å². The highest BCUT2D eigenvalue weighted by molar-refractivity contribution is 4.98. The Morgan fingerprint density at radius 2 is 1.67 bits per heavy atom. The molecule has 1 fully saturated rings. The lowest BCUT2D eigenvalue weighted by molar-refractivity contribution is -0.479. The number of ether oxygens (including phenoxy) is 3. The van der Waals surface area contributed by atoms with Crippen molar-refractivity contribution < 1.29 is 53.7 Å². The second-order valence-electron chi connectivity index (χ2n) is 2.79. The van der Waals surface area contributed by atoms with E-state index in [1.165, 1.54) is 0 Å². The van der Waals surface area contributed by atoms with Gasteiger partial charge in [0.15, 0.2) is 0 Å². The molecule has 2 atom stereocenters. The molecule has 3 nitrogen and oxygen atoms in total. The van der Waals surface area contributed by atoms with E-state index >= 15 is 0 Å². The van der Waals surface area contributed by atoms with E-state index in [0.717, 1.165) is 0 Å². The van der Waals surface area contributed by atoms with Gasteiger partial charge < -0.3 is 9.47 Å². The van der Waals surface area contributed by atoms with E-state index in [4.69, 9.17) is 0 Å². The minimum absolute atomic E-state index is 1.99. The number of alkyl halides is 7. The number of rotatable bonds is 2. The van der Waals surface area contributed by atoms with Gasteiger partial charge in [-0.3, -0.25) is 0 Å². The Labute approximate surface area is 91.7 Å². The third-order valence-corrected chi connectivity index (χ3v) is 1.54. The summed E-state index contributed by atoms with van der Waals surface area (Å²) in [5.74, 6) is -7.49. The molecule has 1 rings (SSSR count). The van der Waals surface area contributed by atoms with Gasteiger partial charge in [0, 0.05) is 0 Å². The van der Waals surface area contributed by atoms with Crippen molar-refractivity contribution in [1.82, 2.24) is 0 Å². The summed E-state index contributed by atoms with van der Waals surface area (Å²) in [6.45, 7) is 0. The molecule has 18 heavy (non-hydrogen) atoms. The smallest absolute Gasteiger partial charge is 0.419 e. The van der Waals surface area contributed by atoms with Gasteiger partial charge in [-0.25, -0.2) is 4.74 Å². The van der Waals surface area contributed by atoms with E-state index in [-0.39, 0.29) is 0 Å². The Hall–Kier alpha value is -1.33. The molecular formula is C6HF9O3. The molecule has 1 aliphatic heterocycles. The van der Waals surface area contributed by atoms with E-state index in [1.807, 2.05) is 4.74 Å². The second-order valence-corrected chi connectivity index (χ2v) is 2.79. The summed E-state index contributed by atoms with van der Waals surface area (Å²) in [6.07, 6.45) is -19.0. The molecule has 2 unspecified atom stereocenters. The first-order valence-electron chi connectivity index (χ1n) is 3.78. The van der Waals surface area contributed by atoms with Gasteiger partial charge in [0.2, 0.25) is 0 Å². The monoisotopic (exact) mass is 292 g/mol. The first kappa shape index (κ1) is 14.7. The predicted molar refractivity (Wildman–Crippen MR) is 32.2 cm³/mol. The van der Waals surface area contributed by atoms with Crippen molar-refractivity contribution in [2.45, 2.75) is 24.7 Å². The van der Waals surface area contributed by atoms with Crippen LogP contribution in [0.4, 0.5) is 39.5 Å². The maximum atomic E-state index is 13.2. The summed E-state index contributed by atoms with van der Waals surface area (Å²) in [5, 5.41) is 0. The first-order chi connectivity index (χ1) is 7.89. The van der Waals surface area contributed by atoms with Crippen molar-refractivity contribution in [3.05, 3.63) is 12.0 Å². The number of hydrogen-bond acceptors (Lipinski definition) is 3. The van der Waals surface area contributed by atoms with Crippen LogP contribution in [-0.2, 0) is 14.2 Å². The largest absolute Gasteiger partial charge is 0.527 e. The summed E-state index contributed by atoms with van der Waals surface area (Å²) in [7, 11) is 0. The first-order valence-corrected chi connectivity index (χ1v) is 3.78. The quantitative estimate of drug-likeness (QED) is 0.732. The Morgan fingerprint density at radius 1 is 1.17 bits per heavy atom. The lowest BCUT2D eigenvalue weighted by atomic mass is 10.3. The van der Waals surface area contributed by atoms with E-state index < -0.39 is 36.7 Å². The molecular weight excluding hydrogens is 291 g/mol. The topological polar surface area (TPSA) is 27.7 Å². The predicted octanol–water partition coefficient (Wildman–Crippen LogP) is 3.19. The van der Waals surface area contributed by atoms with Crippen LogP contribution in [0.5, 0.6) is 0 Å². The summed E-state index contributed by atoms with van der Waals surface area (Å²) in [5.41, 5.74) is 0. The average Bonchev–Trinajstić information content (AvgIpc) is 2.40. The van der Waals surface area contributed by atoms with E-state index in [1.54, 1.807) is 0 Å². The van der Waals surface area contributed by atoms with Crippen LogP contribution in [0.15, 0.2) is 12.0 Å². The van der Waals surface area contributed by atoms with Crippen LogP contribution in [0.1, 0.15) is 0 Å². The maximum absolute atomic E-state index is 13.2. The molecule has 12 heteroatoms. The van der Waals surface area contributed by atoms with Gasteiger partial charge in [-0.05, 0) is 0 Å². The summed E-state index contributed by atoms with van der Waals surface area (Å²) >= 11 is 0. The Balaban J connectivity index is 3.03. The van der Waals surface area contributed by atoms with Gasteiger partial charge in [-0.2, -0.15) is 26.3 Å². The second kappa shape index (κ2) is 4.10. The Bertz CT molecular complexity index is 360. The average molecular weight is 292 g/mol. The molecule has 1 aliphatic rings. The molecule has 0 aromatic rings. The molecule has 1 heterocycles. The summed E-state index contributed by atoms with van der Waals surface area (Å²) < 4.78 is 117. The van der Waals surface area contributed by atoms with Crippen molar-refractivity contribution in [2.24, 2.45) is 0 Å². The van der Waals surface area contributed by atoms with Crippen LogP contribution in [0.2, 0.25) is 0 Å². The minimum atomic E-state index is -6.06. The van der Waals surface area contributed by atoms with Crippen LogP contribution in [-0.4, -0.2) is 24.7 Å². The zero-order valence-corrected chi connectivity index (χ0v) is 7.70. The standard InChI is InChI=1S/C6HF9O3/c7-1(8)2-16-3(9)4(10,17-2)5(11,12)18-6(13,14)15/h3H.